The van der Waals surface area contributed by atoms with Gasteiger partial charge < -0.3 is 4.90 Å². The first-order valence-electron chi connectivity index (χ1n) is 8.44. The van der Waals surface area contributed by atoms with Crippen molar-refractivity contribution < 1.29 is 13.6 Å². The van der Waals surface area contributed by atoms with Gasteiger partial charge in [-0.15, -0.1) is 0 Å². The Morgan fingerprint density at radius 3 is 2.36 bits per heavy atom. The smallest absolute Gasteiger partial charge is 0.244 e. The monoisotopic (exact) mass is 344 g/mol. The number of amides is 1. The Labute approximate surface area is 146 Å². The minimum Gasteiger partial charge on any atom is -0.310 e. The Morgan fingerprint density at radius 1 is 1.04 bits per heavy atom. The van der Waals surface area contributed by atoms with E-state index in [0.29, 0.717) is 13.1 Å². The molecule has 5 heteroatoms. The maximum Gasteiger partial charge on any atom is 0.244 e. The van der Waals surface area contributed by atoms with E-state index in [9.17, 15) is 13.6 Å². The average Bonchev–Trinajstić information content (AvgIpc) is 2.58. The van der Waals surface area contributed by atoms with E-state index in [-0.39, 0.29) is 18.0 Å². The van der Waals surface area contributed by atoms with E-state index in [0.717, 1.165) is 16.8 Å². The SMILES string of the molecule is Cc1cccc(N2CCN(Cc3c(F)cccc3F)C(C)C2=O)c1C. The molecular formula is C20H22F2N2O. The number of nitrogens with zero attached hydrogens (tertiary/aromatic N) is 2. The minimum absolute atomic E-state index is 0.0161. The van der Waals surface area contributed by atoms with Crippen molar-refractivity contribution in [2.24, 2.45) is 0 Å². The van der Waals surface area contributed by atoms with E-state index < -0.39 is 17.7 Å². The molecule has 0 N–H and O–H groups in total. The van der Waals surface area contributed by atoms with Crippen molar-refractivity contribution in [3.63, 3.8) is 0 Å². The summed E-state index contributed by atoms with van der Waals surface area (Å²) in [5.74, 6) is -1.19. The Hall–Kier alpha value is -2.27. The maximum atomic E-state index is 13.9. The molecule has 1 saturated heterocycles. The van der Waals surface area contributed by atoms with Crippen LogP contribution in [0.5, 0.6) is 0 Å². The predicted octanol–water partition coefficient (Wildman–Crippen LogP) is 3.82. The third kappa shape index (κ3) is 3.29. The molecule has 0 saturated carbocycles. The Bertz CT molecular complexity index is 786. The van der Waals surface area contributed by atoms with Crippen LogP contribution in [0.15, 0.2) is 36.4 Å². The van der Waals surface area contributed by atoms with Crippen LogP contribution < -0.4 is 4.90 Å². The summed E-state index contributed by atoms with van der Waals surface area (Å²) in [5.41, 5.74) is 3.14. The van der Waals surface area contributed by atoms with Crippen LogP contribution in [0.1, 0.15) is 23.6 Å². The molecule has 2 aromatic carbocycles. The van der Waals surface area contributed by atoms with E-state index >= 15 is 0 Å². The highest BCUT2D eigenvalue weighted by molar-refractivity contribution is 5.98. The quantitative estimate of drug-likeness (QED) is 0.845. The zero-order valence-corrected chi connectivity index (χ0v) is 14.7. The van der Waals surface area contributed by atoms with Crippen molar-refractivity contribution >= 4 is 11.6 Å². The lowest BCUT2D eigenvalue weighted by Gasteiger charge is -2.39. The summed E-state index contributed by atoms with van der Waals surface area (Å²) in [7, 11) is 0. The number of piperazine rings is 1. The van der Waals surface area contributed by atoms with Crippen LogP contribution in [0.2, 0.25) is 0 Å². The second kappa shape index (κ2) is 6.92. The van der Waals surface area contributed by atoms with Gasteiger partial charge in [-0.05, 0) is 50.1 Å². The molecule has 0 spiro atoms. The predicted molar refractivity (Wildman–Crippen MR) is 94.5 cm³/mol. The highest BCUT2D eigenvalue weighted by Crippen LogP contribution is 2.27. The van der Waals surface area contributed by atoms with Crippen molar-refractivity contribution in [2.75, 3.05) is 18.0 Å². The normalized spacial score (nSPS) is 18.7. The van der Waals surface area contributed by atoms with Crippen LogP contribution in [0, 0.1) is 25.5 Å². The molecule has 1 amide bonds. The van der Waals surface area contributed by atoms with E-state index in [2.05, 4.69) is 0 Å². The Balaban J connectivity index is 1.81. The molecule has 1 aliphatic heterocycles. The van der Waals surface area contributed by atoms with E-state index in [1.165, 1.54) is 18.2 Å². The number of hydrogen-bond donors (Lipinski definition) is 0. The second-order valence-electron chi connectivity index (χ2n) is 6.56. The van der Waals surface area contributed by atoms with Crippen molar-refractivity contribution in [1.29, 1.82) is 0 Å². The van der Waals surface area contributed by atoms with Crippen LogP contribution in [0.25, 0.3) is 0 Å². The molecule has 1 unspecified atom stereocenters. The van der Waals surface area contributed by atoms with Gasteiger partial charge in [0.15, 0.2) is 0 Å². The van der Waals surface area contributed by atoms with E-state index in [1.807, 2.05) is 36.9 Å². The third-order valence-electron chi connectivity index (χ3n) is 5.07. The highest BCUT2D eigenvalue weighted by atomic mass is 19.1. The molecule has 2 aromatic rings. The van der Waals surface area contributed by atoms with Gasteiger partial charge in [-0.25, -0.2) is 8.78 Å². The van der Waals surface area contributed by atoms with Gasteiger partial charge in [0.05, 0.1) is 6.04 Å². The third-order valence-corrected chi connectivity index (χ3v) is 5.07. The molecule has 1 heterocycles. The van der Waals surface area contributed by atoms with Gasteiger partial charge in [-0.3, -0.25) is 9.69 Å². The summed E-state index contributed by atoms with van der Waals surface area (Å²) >= 11 is 0. The molecule has 1 atom stereocenters. The molecule has 3 nitrogen and oxygen atoms in total. The van der Waals surface area contributed by atoms with Crippen molar-refractivity contribution in [1.82, 2.24) is 4.90 Å². The van der Waals surface area contributed by atoms with Crippen LogP contribution in [-0.2, 0) is 11.3 Å². The highest BCUT2D eigenvalue weighted by Gasteiger charge is 2.33. The second-order valence-corrected chi connectivity index (χ2v) is 6.56. The molecule has 132 valence electrons. The number of rotatable bonds is 3. The van der Waals surface area contributed by atoms with Gasteiger partial charge in [-0.2, -0.15) is 0 Å². The molecule has 25 heavy (non-hydrogen) atoms. The molecule has 0 aromatic heterocycles. The van der Waals surface area contributed by atoms with Crippen LogP contribution in [0.4, 0.5) is 14.5 Å². The number of carbonyl (C=O) groups excluding carboxylic acids is 1. The minimum atomic E-state index is -0.573. The summed E-state index contributed by atoms with van der Waals surface area (Å²) in [6.07, 6.45) is 0. The summed E-state index contributed by atoms with van der Waals surface area (Å²) < 4.78 is 27.8. The standard InChI is InChI=1S/C20H22F2N2O/c1-13-6-4-9-19(14(13)2)24-11-10-23(15(3)20(24)25)12-16-17(21)7-5-8-18(16)22/h4-9,15H,10-12H2,1-3H3. The number of carbonyl (C=O) groups is 1. The van der Waals surface area contributed by atoms with Crippen molar-refractivity contribution in [3.05, 3.63) is 64.7 Å². The van der Waals surface area contributed by atoms with Crippen LogP contribution in [0.3, 0.4) is 0 Å². The number of benzene rings is 2. The van der Waals surface area contributed by atoms with E-state index in [4.69, 9.17) is 0 Å². The fourth-order valence-corrected chi connectivity index (χ4v) is 3.28. The first-order chi connectivity index (χ1) is 11.9. The van der Waals surface area contributed by atoms with Gasteiger partial charge in [0.2, 0.25) is 5.91 Å². The van der Waals surface area contributed by atoms with Gasteiger partial charge >= 0.3 is 0 Å². The lowest BCUT2D eigenvalue weighted by atomic mass is 10.0. The molecule has 3 rings (SSSR count). The molecule has 0 radical (unpaired) electrons. The molecule has 0 aliphatic carbocycles. The first kappa shape index (κ1) is 17.5. The lowest BCUT2D eigenvalue weighted by Crippen LogP contribution is -2.55. The van der Waals surface area contributed by atoms with Gasteiger partial charge in [0.1, 0.15) is 11.6 Å². The summed E-state index contributed by atoms with van der Waals surface area (Å²) in [4.78, 5) is 16.5. The largest absolute Gasteiger partial charge is 0.310 e. The van der Waals surface area contributed by atoms with Crippen LogP contribution in [-0.4, -0.2) is 29.9 Å². The zero-order chi connectivity index (χ0) is 18.1. The molecular weight excluding hydrogens is 322 g/mol. The molecule has 1 aliphatic rings. The summed E-state index contributed by atoms with van der Waals surface area (Å²) in [5, 5.41) is 0. The number of anilines is 1. The van der Waals surface area contributed by atoms with E-state index in [1.54, 1.807) is 11.8 Å². The molecule has 1 fully saturated rings. The Kier molecular flexibility index (Phi) is 4.86. The molecule has 0 bridgehead atoms. The van der Waals surface area contributed by atoms with Gasteiger partial charge in [0.25, 0.3) is 0 Å². The fourth-order valence-electron chi connectivity index (χ4n) is 3.28. The number of aryl methyl sites for hydroxylation is 1. The number of hydrogen-bond acceptors (Lipinski definition) is 2. The zero-order valence-electron chi connectivity index (χ0n) is 14.7. The fraction of sp³-hybridized carbons (Fsp3) is 0.350. The summed E-state index contributed by atoms with van der Waals surface area (Å²) in [6, 6.07) is 9.31. The summed E-state index contributed by atoms with van der Waals surface area (Å²) in [6.45, 7) is 6.97. The lowest BCUT2D eigenvalue weighted by molar-refractivity contribution is -0.125. The van der Waals surface area contributed by atoms with Gasteiger partial charge in [-0.1, -0.05) is 18.2 Å². The van der Waals surface area contributed by atoms with Crippen molar-refractivity contribution in [2.45, 2.75) is 33.4 Å². The first-order valence-corrected chi connectivity index (χ1v) is 8.44. The topological polar surface area (TPSA) is 23.6 Å². The maximum absolute atomic E-state index is 13.9. The number of halogens is 2. The van der Waals surface area contributed by atoms with Crippen molar-refractivity contribution in [3.8, 4) is 0 Å². The van der Waals surface area contributed by atoms with Crippen LogP contribution >= 0.6 is 0 Å². The van der Waals surface area contributed by atoms with Gasteiger partial charge in [0, 0.05) is 30.9 Å². The Morgan fingerprint density at radius 2 is 1.68 bits per heavy atom. The average molecular weight is 344 g/mol.